The van der Waals surface area contributed by atoms with Gasteiger partial charge in [0.15, 0.2) is 0 Å². The highest BCUT2D eigenvalue weighted by Gasteiger charge is 2.25. The molecule has 27 heavy (non-hydrogen) atoms. The second-order valence-corrected chi connectivity index (χ2v) is 7.77. The number of hydrogen-bond acceptors (Lipinski definition) is 5. The second-order valence-electron chi connectivity index (χ2n) is 6.86. The molecule has 146 valence electrons. The normalized spacial score (nSPS) is 12.3. The van der Waals surface area contributed by atoms with Gasteiger partial charge >= 0.3 is 12.1 Å². The Morgan fingerprint density at radius 1 is 1.22 bits per heavy atom. The van der Waals surface area contributed by atoms with E-state index in [1.54, 1.807) is 32.9 Å². The Hall–Kier alpha value is -2.48. The number of benzene rings is 1. The van der Waals surface area contributed by atoms with Crippen molar-refractivity contribution in [1.82, 2.24) is 5.32 Å². The molecule has 0 fully saturated rings. The molecule has 8 heteroatoms. The van der Waals surface area contributed by atoms with Crippen LogP contribution in [0.4, 0.5) is 4.79 Å². The third kappa shape index (κ3) is 7.34. The average molecular weight is 440 g/mol. The van der Waals surface area contributed by atoms with Crippen molar-refractivity contribution in [3.63, 3.8) is 0 Å². The largest absolute Gasteiger partial charge is 0.486 e. The predicted molar refractivity (Wildman–Crippen MR) is 102 cm³/mol. The van der Waals surface area contributed by atoms with Crippen molar-refractivity contribution in [3.8, 4) is 5.75 Å². The number of carboxylic acids is 1. The first-order chi connectivity index (χ1) is 12.6. The summed E-state index contributed by atoms with van der Waals surface area (Å²) in [7, 11) is 0. The highest BCUT2D eigenvalue weighted by Crippen LogP contribution is 2.20. The zero-order valence-electron chi connectivity index (χ0n) is 15.3. The van der Waals surface area contributed by atoms with E-state index in [2.05, 4.69) is 21.2 Å². The number of ether oxygens (including phenoxy) is 2. The predicted octanol–water partition coefficient (Wildman–Crippen LogP) is 4.14. The van der Waals surface area contributed by atoms with Gasteiger partial charge < -0.3 is 24.3 Å². The highest BCUT2D eigenvalue weighted by atomic mass is 79.9. The van der Waals surface area contributed by atoms with Crippen LogP contribution in [0.5, 0.6) is 5.75 Å². The maximum Gasteiger partial charge on any atom is 0.408 e. The minimum absolute atomic E-state index is 0.00847. The number of alkyl carbamates (subject to hydrolysis) is 1. The van der Waals surface area contributed by atoms with Gasteiger partial charge in [-0.05, 0) is 51.1 Å². The van der Waals surface area contributed by atoms with E-state index >= 15 is 0 Å². The van der Waals surface area contributed by atoms with Gasteiger partial charge in [-0.1, -0.05) is 22.0 Å². The zero-order chi connectivity index (χ0) is 20.0. The van der Waals surface area contributed by atoms with E-state index in [1.807, 2.05) is 24.3 Å². The second kappa shape index (κ2) is 8.94. The van der Waals surface area contributed by atoms with Crippen molar-refractivity contribution in [2.45, 2.75) is 45.4 Å². The van der Waals surface area contributed by atoms with Crippen LogP contribution in [0.2, 0.25) is 0 Å². The quantitative estimate of drug-likeness (QED) is 0.672. The van der Waals surface area contributed by atoms with Crippen molar-refractivity contribution in [2.24, 2.45) is 0 Å². The van der Waals surface area contributed by atoms with Crippen LogP contribution >= 0.6 is 15.9 Å². The molecule has 0 radical (unpaired) electrons. The maximum atomic E-state index is 11.8. The maximum absolute atomic E-state index is 11.8. The number of halogens is 1. The molecule has 0 spiro atoms. The summed E-state index contributed by atoms with van der Waals surface area (Å²) in [5, 5.41) is 11.7. The number of carboxylic acid groups (broad SMARTS) is 1. The van der Waals surface area contributed by atoms with Crippen LogP contribution < -0.4 is 10.1 Å². The van der Waals surface area contributed by atoms with Gasteiger partial charge in [0.25, 0.3) is 0 Å². The van der Waals surface area contributed by atoms with Crippen LogP contribution in [-0.4, -0.2) is 28.8 Å². The molecule has 0 bridgehead atoms. The molecular weight excluding hydrogens is 418 g/mol. The molecule has 2 rings (SSSR count). The topological polar surface area (TPSA) is 98.0 Å². The smallest absolute Gasteiger partial charge is 0.408 e. The van der Waals surface area contributed by atoms with Crippen molar-refractivity contribution in [3.05, 3.63) is 52.4 Å². The Balaban J connectivity index is 1.93. The van der Waals surface area contributed by atoms with Gasteiger partial charge in [0.1, 0.15) is 35.5 Å². The minimum atomic E-state index is -1.18. The molecule has 1 atom stereocenters. The fourth-order valence-corrected chi connectivity index (χ4v) is 2.55. The molecule has 0 aliphatic rings. The van der Waals surface area contributed by atoms with Crippen molar-refractivity contribution < 1.29 is 28.6 Å². The fraction of sp³-hybridized carbons (Fsp3) is 0.368. The van der Waals surface area contributed by atoms with Crippen LogP contribution in [0.25, 0.3) is 0 Å². The molecule has 7 nitrogen and oxygen atoms in total. The van der Waals surface area contributed by atoms with Crippen LogP contribution in [0, 0.1) is 0 Å². The van der Waals surface area contributed by atoms with E-state index in [4.69, 9.17) is 13.9 Å². The Morgan fingerprint density at radius 2 is 1.93 bits per heavy atom. The van der Waals surface area contributed by atoms with Crippen molar-refractivity contribution >= 4 is 28.0 Å². The first kappa shape index (κ1) is 20.8. The summed E-state index contributed by atoms with van der Waals surface area (Å²) in [5.41, 5.74) is -0.714. The van der Waals surface area contributed by atoms with Gasteiger partial charge in [-0.25, -0.2) is 9.59 Å². The zero-order valence-corrected chi connectivity index (χ0v) is 16.9. The van der Waals surface area contributed by atoms with Crippen LogP contribution in [-0.2, 0) is 22.6 Å². The standard InChI is InChI=1S/C19H22BrNO6/c1-19(2,3)27-18(24)21-16(17(22)23)10-14-7-8-15(26-14)11-25-13-6-4-5-12(20)9-13/h4-9,16H,10-11H2,1-3H3,(H,21,24)(H,22,23). The lowest BCUT2D eigenvalue weighted by atomic mass is 10.1. The van der Waals surface area contributed by atoms with Crippen molar-refractivity contribution in [2.75, 3.05) is 0 Å². The van der Waals surface area contributed by atoms with Gasteiger partial charge in [-0.15, -0.1) is 0 Å². The molecule has 1 amide bonds. The molecule has 2 N–H and O–H groups in total. The van der Waals surface area contributed by atoms with E-state index in [-0.39, 0.29) is 13.0 Å². The number of carbonyl (C=O) groups excluding carboxylic acids is 1. The number of carbonyl (C=O) groups is 2. The molecule has 2 aromatic rings. The Morgan fingerprint density at radius 3 is 2.56 bits per heavy atom. The lowest BCUT2D eigenvalue weighted by Gasteiger charge is -2.21. The summed E-state index contributed by atoms with van der Waals surface area (Å²) in [6, 6.07) is 9.60. The molecular formula is C19H22BrNO6. The minimum Gasteiger partial charge on any atom is -0.486 e. The van der Waals surface area contributed by atoms with Gasteiger partial charge in [-0.2, -0.15) is 0 Å². The summed E-state index contributed by atoms with van der Waals surface area (Å²) in [4.78, 5) is 23.2. The molecule has 1 unspecified atom stereocenters. The lowest BCUT2D eigenvalue weighted by molar-refractivity contribution is -0.139. The van der Waals surface area contributed by atoms with Gasteiger partial charge in [0.2, 0.25) is 0 Å². The number of nitrogens with one attached hydrogen (secondary N) is 1. The summed E-state index contributed by atoms with van der Waals surface area (Å²) in [6.07, 6.45) is -0.800. The first-order valence-electron chi connectivity index (χ1n) is 8.30. The molecule has 1 aromatic heterocycles. The summed E-state index contributed by atoms with van der Waals surface area (Å²) in [6.45, 7) is 5.30. The molecule has 0 saturated heterocycles. The summed E-state index contributed by atoms with van der Waals surface area (Å²) >= 11 is 3.37. The van der Waals surface area contributed by atoms with E-state index in [1.165, 1.54) is 0 Å². The van der Waals surface area contributed by atoms with Crippen LogP contribution in [0.15, 0.2) is 45.3 Å². The SMILES string of the molecule is CC(C)(C)OC(=O)NC(Cc1ccc(COc2cccc(Br)c2)o1)C(=O)O. The summed E-state index contributed by atoms with van der Waals surface area (Å²) in [5.74, 6) is 0.471. The number of aliphatic carboxylic acids is 1. The van der Waals surface area contributed by atoms with E-state index < -0.39 is 23.7 Å². The lowest BCUT2D eigenvalue weighted by Crippen LogP contribution is -2.44. The molecule has 0 saturated carbocycles. The van der Waals surface area contributed by atoms with Gasteiger partial charge in [0.05, 0.1) is 0 Å². The first-order valence-corrected chi connectivity index (χ1v) is 9.10. The molecule has 0 aliphatic heterocycles. The Bertz CT molecular complexity index is 795. The summed E-state index contributed by atoms with van der Waals surface area (Å²) < 4.78 is 17.2. The van der Waals surface area contributed by atoms with Crippen LogP contribution in [0.1, 0.15) is 32.3 Å². The Labute approximate surface area is 165 Å². The van der Waals surface area contributed by atoms with Crippen molar-refractivity contribution in [1.29, 1.82) is 0 Å². The van der Waals surface area contributed by atoms with E-state index in [9.17, 15) is 14.7 Å². The van der Waals surface area contributed by atoms with Gasteiger partial charge in [0, 0.05) is 10.9 Å². The third-order valence-corrected chi connectivity index (χ3v) is 3.78. The van der Waals surface area contributed by atoms with E-state index in [0.29, 0.717) is 17.3 Å². The third-order valence-electron chi connectivity index (χ3n) is 3.29. The Kier molecular flexibility index (Phi) is 6.90. The number of rotatable bonds is 7. The molecule has 1 aromatic carbocycles. The monoisotopic (exact) mass is 439 g/mol. The molecule has 1 heterocycles. The molecule has 0 aliphatic carbocycles. The highest BCUT2D eigenvalue weighted by molar-refractivity contribution is 9.10. The number of amides is 1. The van der Waals surface area contributed by atoms with Gasteiger partial charge in [-0.3, -0.25) is 0 Å². The number of hydrogen-bond donors (Lipinski definition) is 2. The van der Waals surface area contributed by atoms with E-state index in [0.717, 1.165) is 4.47 Å². The number of furan rings is 1. The fourth-order valence-electron chi connectivity index (χ4n) is 2.17. The average Bonchev–Trinajstić information content (AvgIpc) is 2.98. The van der Waals surface area contributed by atoms with Crippen LogP contribution in [0.3, 0.4) is 0 Å².